The van der Waals surface area contributed by atoms with Crippen LogP contribution in [0.2, 0.25) is 5.02 Å². The number of nitrogens with zero attached hydrogens (tertiary/aromatic N) is 1. The number of nitrogens with one attached hydrogen (secondary N) is 1. The number of anilines is 1. The number of carbonyl (C=O) groups is 1. The molecule has 0 fully saturated rings. The van der Waals surface area contributed by atoms with Crippen molar-refractivity contribution in [3.8, 4) is 0 Å². The minimum Gasteiger partial charge on any atom is -0.362 e. The molecule has 0 unspecified atom stereocenters. The molecule has 0 aliphatic rings. The largest absolute Gasteiger partial charge is 0.411 e. The molecule has 1 rings (SSSR count). The lowest BCUT2D eigenvalue weighted by atomic mass is 10.3. The lowest BCUT2D eigenvalue weighted by molar-refractivity contribution is -0.384. The average Bonchev–Trinajstić information content (AvgIpc) is 2.29. The number of benzene rings is 1. The zero-order valence-electron chi connectivity index (χ0n) is 9.74. The summed E-state index contributed by atoms with van der Waals surface area (Å²) in [5.74, 6) is -0.870. The highest BCUT2D eigenvalue weighted by atomic mass is 35.5. The zero-order valence-corrected chi connectivity index (χ0v) is 10.5. The Labute approximate surface area is 115 Å². The lowest BCUT2D eigenvalue weighted by Crippen LogP contribution is -2.24. The maximum absolute atomic E-state index is 11.8. The molecule has 0 spiro atoms. The molecule has 6 nitrogen and oxygen atoms in total. The van der Waals surface area contributed by atoms with E-state index >= 15 is 0 Å². The van der Waals surface area contributed by atoms with Gasteiger partial charge >= 0.3 is 6.18 Å². The smallest absolute Gasteiger partial charge is 0.362 e. The maximum atomic E-state index is 11.8. The molecule has 10 heteroatoms. The SMILES string of the molecule is O=C(COCC(F)(F)F)Nc1ccc(Cl)c([N+](=O)[O-])c1. The second kappa shape index (κ2) is 6.53. The van der Waals surface area contributed by atoms with Crippen LogP contribution in [0.15, 0.2) is 18.2 Å². The van der Waals surface area contributed by atoms with Crippen LogP contribution < -0.4 is 5.32 Å². The number of amides is 1. The first-order chi connectivity index (χ1) is 9.19. The molecule has 1 aromatic rings. The fourth-order valence-electron chi connectivity index (χ4n) is 1.19. The van der Waals surface area contributed by atoms with Crippen LogP contribution in [0.1, 0.15) is 0 Å². The molecule has 0 atom stereocenters. The van der Waals surface area contributed by atoms with Gasteiger partial charge in [0, 0.05) is 11.8 Å². The van der Waals surface area contributed by atoms with Crippen molar-refractivity contribution in [3.63, 3.8) is 0 Å². The molecule has 0 aliphatic carbocycles. The summed E-state index contributed by atoms with van der Waals surface area (Å²) in [6.07, 6.45) is -4.53. The number of hydrogen-bond donors (Lipinski definition) is 1. The highest BCUT2D eigenvalue weighted by Crippen LogP contribution is 2.27. The Bertz CT molecular complexity index is 522. The summed E-state index contributed by atoms with van der Waals surface area (Å²) in [4.78, 5) is 21.1. The minimum atomic E-state index is -4.53. The van der Waals surface area contributed by atoms with Gasteiger partial charge in [-0.2, -0.15) is 13.2 Å². The van der Waals surface area contributed by atoms with Gasteiger partial charge in [-0.05, 0) is 12.1 Å². The van der Waals surface area contributed by atoms with Crippen LogP contribution >= 0.6 is 11.6 Å². The third-order valence-corrected chi connectivity index (χ3v) is 2.25. The number of rotatable bonds is 5. The molecule has 1 amide bonds. The van der Waals surface area contributed by atoms with E-state index < -0.39 is 35.9 Å². The third kappa shape index (κ3) is 5.41. The number of nitro groups is 1. The predicted molar refractivity (Wildman–Crippen MR) is 63.6 cm³/mol. The quantitative estimate of drug-likeness (QED) is 0.669. The minimum absolute atomic E-state index is 0.0294. The second-order valence-electron chi connectivity index (χ2n) is 3.58. The normalized spacial score (nSPS) is 11.2. The van der Waals surface area contributed by atoms with Crippen LogP contribution in [0.4, 0.5) is 24.5 Å². The number of halogens is 4. The van der Waals surface area contributed by atoms with Gasteiger partial charge in [0.2, 0.25) is 5.91 Å². The first-order valence-corrected chi connectivity index (χ1v) is 5.45. The summed E-state index contributed by atoms with van der Waals surface area (Å²) in [6.45, 7) is -2.38. The van der Waals surface area contributed by atoms with E-state index in [1.165, 1.54) is 12.1 Å². The van der Waals surface area contributed by atoms with E-state index in [-0.39, 0.29) is 10.7 Å². The van der Waals surface area contributed by atoms with Gasteiger partial charge in [-0.15, -0.1) is 0 Å². The van der Waals surface area contributed by atoms with Gasteiger partial charge in [-0.1, -0.05) is 11.6 Å². The molecule has 0 aromatic heterocycles. The molecule has 1 aromatic carbocycles. The topological polar surface area (TPSA) is 81.5 Å². The number of carbonyl (C=O) groups excluding carboxylic acids is 1. The average molecular weight is 313 g/mol. The van der Waals surface area contributed by atoms with Crippen LogP contribution in [0.3, 0.4) is 0 Å². The van der Waals surface area contributed by atoms with Gasteiger partial charge < -0.3 is 10.1 Å². The molecule has 0 saturated heterocycles. The fraction of sp³-hybridized carbons (Fsp3) is 0.300. The summed E-state index contributed by atoms with van der Waals surface area (Å²) in [5, 5.41) is 12.6. The van der Waals surface area contributed by atoms with Crippen LogP contribution in [0, 0.1) is 10.1 Å². The maximum Gasteiger partial charge on any atom is 0.411 e. The highest BCUT2D eigenvalue weighted by molar-refractivity contribution is 6.32. The van der Waals surface area contributed by atoms with Crippen molar-refractivity contribution in [2.75, 3.05) is 18.5 Å². The molecular weight excluding hydrogens is 305 g/mol. The molecule has 0 bridgehead atoms. The number of ether oxygens (including phenoxy) is 1. The van der Waals surface area contributed by atoms with Gasteiger partial charge in [0.25, 0.3) is 5.69 Å². The van der Waals surface area contributed by atoms with Gasteiger partial charge in [0.05, 0.1) is 4.92 Å². The van der Waals surface area contributed by atoms with Gasteiger partial charge in [0.15, 0.2) is 0 Å². The van der Waals surface area contributed by atoms with Crippen molar-refractivity contribution in [1.82, 2.24) is 0 Å². The van der Waals surface area contributed by atoms with Crippen LogP contribution in [0.25, 0.3) is 0 Å². The third-order valence-electron chi connectivity index (χ3n) is 1.93. The Kier molecular flexibility index (Phi) is 5.28. The summed E-state index contributed by atoms with van der Waals surface area (Å²) >= 11 is 5.56. The summed E-state index contributed by atoms with van der Waals surface area (Å²) < 4.78 is 39.5. The Balaban J connectivity index is 2.58. The molecule has 0 aliphatic heterocycles. The van der Waals surface area contributed by atoms with Crippen molar-refractivity contribution < 1.29 is 27.6 Å². The summed E-state index contributed by atoms with van der Waals surface area (Å²) in [6, 6.07) is 3.45. The number of alkyl halides is 3. The molecule has 1 N–H and O–H groups in total. The van der Waals surface area contributed by atoms with E-state index in [9.17, 15) is 28.1 Å². The standard InChI is InChI=1S/C10H8ClF3N2O4/c11-7-2-1-6(3-8(7)16(18)19)15-9(17)4-20-5-10(12,13)14/h1-3H,4-5H2,(H,15,17). The van der Waals surface area contributed by atoms with E-state index in [4.69, 9.17) is 11.6 Å². The van der Waals surface area contributed by atoms with Crippen molar-refractivity contribution in [2.45, 2.75) is 6.18 Å². The van der Waals surface area contributed by atoms with E-state index in [1.54, 1.807) is 0 Å². The fourth-order valence-corrected chi connectivity index (χ4v) is 1.37. The molecular formula is C10H8ClF3N2O4. The molecule has 20 heavy (non-hydrogen) atoms. The number of hydrogen-bond acceptors (Lipinski definition) is 4. The summed E-state index contributed by atoms with van der Waals surface area (Å²) in [5.41, 5.74) is -0.401. The Hall–Kier alpha value is -1.87. The molecule has 110 valence electrons. The van der Waals surface area contributed by atoms with Crippen molar-refractivity contribution in [3.05, 3.63) is 33.3 Å². The zero-order chi connectivity index (χ0) is 15.3. The lowest BCUT2D eigenvalue weighted by Gasteiger charge is -2.08. The second-order valence-corrected chi connectivity index (χ2v) is 3.99. The molecule has 0 radical (unpaired) electrons. The Morgan fingerprint density at radius 3 is 2.65 bits per heavy atom. The van der Waals surface area contributed by atoms with Crippen LogP contribution in [-0.2, 0) is 9.53 Å². The number of nitro benzene ring substituents is 1. The Morgan fingerprint density at radius 2 is 2.10 bits per heavy atom. The first kappa shape index (κ1) is 16.2. The van der Waals surface area contributed by atoms with E-state index in [2.05, 4.69) is 10.1 Å². The van der Waals surface area contributed by atoms with E-state index in [1.807, 2.05) is 0 Å². The molecule has 0 saturated carbocycles. The van der Waals surface area contributed by atoms with Crippen LogP contribution in [0.5, 0.6) is 0 Å². The van der Waals surface area contributed by atoms with Crippen molar-refractivity contribution in [2.24, 2.45) is 0 Å². The monoisotopic (exact) mass is 312 g/mol. The Morgan fingerprint density at radius 1 is 1.45 bits per heavy atom. The van der Waals surface area contributed by atoms with Crippen molar-refractivity contribution >= 4 is 28.9 Å². The van der Waals surface area contributed by atoms with Gasteiger partial charge in [0.1, 0.15) is 18.2 Å². The summed E-state index contributed by atoms with van der Waals surface area (Å²) in [7, 11) is 0. The highest BCUT2D eigenvalue weighted by Gasteiger charge is 2.27. The van der Waals surface area contributed by atoms with Crippen LogP contribution in [-0.4, -0.2) is 30.2 Å². The van der Waals surface area contributed by atoms with Gasteiger partial charge in [-0.3, -0.25) is 14.9 Å². The first-order valence-electron chi connectivity index (χ1n) is 5.07. The molecule has 0 heterocycles. The predicted octanol–water partition coefficient (Wildman–Crippen LogP) is 2.77. The van der Waals surface area contributed by atoms with E-state index in [0.717, 1.165) is 6.07 Å². The van der Waals surface area contributed by atoms with Crippen molar-refractivity contribution in [1.29, 1.82) is 0 Å². The van der Waals surface area contributed by atoms with Gasteiger partial charge in [-0.25, -0.2) is 0 Å². The van der Waals surface area contributed by atoms with E-state index in [0.29, 0.717) is 0 Å².